The summed E-state index contributed by atoms with van der Waals surface area (Å²) < 4.78 is 36.8. The second-order valence-corrected chi connectivity index (χ2v) is 8.36. The number of nitrogens with one attached hydrogen (secondary N) is 2. The number of hydrogen-bond acceptors (Lipinski definition) is 4. The highest BCUT2D eigenvalue weighted by atomic mass is 19.1. The molecule has 6 rings (SSSR count). The predicted molar refractivity (Wildman–Crippen MR) is 119 cm³/mol. The molecule has 0 bridgehead atoms. The molecule has 4 aromatic rings. The van der Waals surface area contributed by atoms with E-state index >= 15 is 4.39 Å². The Morgan fingerprint density at radius 1 is 0.939 bits per heavy atom. The number of halogens is 2. The minimum absolute atomic E-state index is 0.0440. The third kappa shape index (κ3) is 2.94. The SMILES string of the molecule is O=C1NC(=O)C(c2c(F)cc(F)c3ccoc23)=C1c1cn(C2CCNCC2)c2ccccc12. The Hall–Kier alpha value is -3.78. The monoisotopic (exact) mass is 447 g/mol. The number of rotatable bonds is 3. The molecule has 2 N–H and O–H groups in total. The van der Waals surface area contributed by atoms with Gasteiger partial charge >= 0.3 is 0 Å². The summed E-state index contributed by atoms with van der Waals surface area (Å²) in [6, 6.07) is 9.94. The summed E-state index contributed by atoms with van der Waals surface area (Å²) >= 11 is 0. The molecule has 0 unspecified atom stereocenters. The largest absolute Gasteiger partial charge is 0.463 e. The zero-order chi connectivity index (χ0) is 22.7. The molecule has 0 radical (unpaired) electrons. The van der Waals surface area contributed by atoms with Gasteiger partial charge < -0.3 is 14.3 Å². The Balaban J connectivity index is 1.65. The summed E-state index contributed by atoms with van der Waals surface area (Å²) in [7, 11) is 0. The number of imide groups is 1. The zero-order valence-corrected chi connectivity index (χ0v) is 17.5. The average Bonchev–Trinajstić information content (AvgIpc) is 3.51. The van der Waals surface area contributed by atoms with Gasteiger partial charge in [0.2, 0.25) is 0 Å². The summed E-state index contributed by atoms with van der Waals surface area (Å²) in [5.41, 5.74) is 1.06. The molecule has 8 heteroatoms. The molecule has 2 aromatic carbocycles. The molecule has 0 saturated carbocycles. The van der Waals surface area contributed by atoms with Gasteiger partial charge in [-0.3, -0.25) is 14.9 Å². The lowest BCUT2D eigenvalue weighted by atomic mass is 9.94. The van der Waals surface area contributed by atoms with Crippen LogP contribution in [0.2, 0.25) is 0 Å². The average molecular weight is 447 g/mol. The first kappa shape index (κ1) is 19.9. The molecule has 2 aliphatic rings. The highest BCUT2D eigenvalue weighted by molar-refractivity contribution is 6.50. The fourth-order valence-corrected chi connectivity index (χ4v) is 5.04. The smallest absolute Gasteiger partial charge is 0.259 e. The van der Waals surface area contributed by atoms with Gasteiger partial charge in [-0.05, 0) is 38.1 Å². The quantitative estimate of drug-likeness (QED) is 0.463. The first-order valence-electron chi connectivity index (χ1n) is 10.8. The maximum absolute atomic E-state index is 15.1. The summed E-state index contributed by atoms with van der Waals surface area (Å²) in [4.78, 5) is 25.9. The van der Waals surface area contributed by atoms with Crippen molar-refractivity contribution < 1.29 is 22.8 Å². The van der Waals surface area contributed by atoms with E-state index in [1.807, 2.05) is 30.5 Å². The number of carbonyl (C=O) groups excluding carboxylic acids is 2. The van der Waals surface area contributed by atoms with Crippen LogP contribution in [0.25, 0.3) is 33.0 Å². The summed E-state index contributed by atoms with van der Waals surface area (Å²) in [5, 5.41) is 6.47. The van der Waals surface area contributed by atoms with Crippen LogP contribution in [-0.4, -0.2) is 29.5 Å². The van der Waals surface area contributed by atoms with Gasteiger partial charge in [0.25, 0.3) is 11.8 Å². The van der Waals surface area contributed by atoms with Gasteiger partial charge in [0.1, 0.15) is 17.2 Å². The lowest BCUT2D eigenvalue weighted by Crippen LogP contribution is -2.29. The van der Waals surface area contributed by atoms with Gasteiger partial charge in [-0.15, -0.1) is 0 Å². The van der Waals surface area contributed by atoms with Gasteiger partial charge in [0, 0.05) is 34.8 Å². The van der Waals surface area contributed by atoms with Crippen molar-refractivity contribution >= 4 is 44.8 Å². The highest BCUT2D eigenvalue weighted by Gasteiger charge is 2.37. The first-order valence-corrected chi connectivity index (χ1v) is 10.8. The van der Waals surface area contributed by atoms with Crippen LogP contribution in [0, 0.1) is 11.6 Å². The van der Waals surface area contributed by atoms with Crippen LogP contribution in [0.5, 0.6) is 0 Å². The van der Waals surface area contributed by atoms with Crippen molar-refractivity contribution in [1.82, 2.24) is 15.2 Å². The molecule has 166 valence electrons. The van der Waals surface area contributed by atoms with E-state index < -0.39 is 23.4 Å². The predicted octanol–water partition coefficient (Wildman–Crippen LogP) is 4.16. The topological polar surface area (TPSA) is 76.3 Å². The third-order valence-corrected chi connectivity index (χ3v) is 6.54. The van der Waals surface area contributed by atoms with Gasteiger partial charge in [0.15, 0.2) is 0 Å². The second-order valence-electron chi connectivity index (χ2n) is 8.36. The Labute approximate surface area is 186 Å². The molecule has 33 heavy (non-hydrogen) atoms. The fraction of sp³-hybridized carbons (Fsp3) is 0.200. The molecule has 2 aromatic heterocycles. The molecule has 6 nitrogen and oxygen atoms in total. The maximum Gasteiger partial charge on any atom is 0.259 e. The number of nitrogens with zero attached hydrogens (tertiary/aromatic N) is 1. The van der Waals surface area contributed by atoms with Crippen molar-refractivity contribution in [3.63, 3.8) is 0 Å². The molecule has 1 saturated heterocycles. The van der Waals surface area contributed by atoms with E-state index in [4.69, 9.17) is 4.42 Å². The number of carbonyl (C=O) groups is 2. The molecular formula is C25H19F2N3O3. The van der Waals surface area contributed by atoms with Gasteiger partial charge in [-0.2, -0.15) is 0 Å². The lowest BCUT2D eigenvalue weighted by molar-refractivity contribution is -0.122. The minimum atomic E-state index is -0.964. The molecule has 0 aliphatic carbocycles. The highest BCUT2D eigenvalue weighted by Crippen LogP contribution is 2.41. The van der Waals surface area contributed by atoms with Crippen LogP contribution >= 0.6 is 0 Å². The number of piperidine rings is 1. The first-order chi connectivity index (χ1) is 16.0. The maximum atomic E-state index is 15.1. The summed E-state index contributed by atoms with van der Waals surface area (Å²) in [5.74, 6) is -3.12. The number of furan rings is 1. The zero-order valence-electron chi connectivity index (χ0n) is 17.5. The van der Waals surface area contributed by atoms with Crippen molar-refractivity contribution in [3.8, 4) is 0 Å². The third-order valence-electron chi connectivity index (χ3n) is 6.54. The second kappa shape index (κ2) is 7.38. The number of benzene rings is 2. The molecule has 0 atom stereocenters. The lowest BCUT2D eigenvalue weighted by Gasteiger charge is -2.25. The molecule has 2 amide bonds. The van der Waals surface area contributed by atoms with Gasteiger partial charge in [-0.1, -0.05) is 18.2 Å². The van der Waals surface area contributed by atoms with Crippen molar-refractivity contribution in [2.24, 2.45) is 0 Å². The number of aromatic nitrogens is 1. The molecular weight excluding hydrogens is 428 g/mol. The normalized spacial score (nSPS) is 17.5. The number of para-hydroxylation sites is 1. The minimum Gasteiger partial charge on any atom is -0.463 e. The van der Waals surface area contributed by atoms with Crippen molar-refractivity contribution in [1.29, 1.82) is 0 Å². The molecule has 1 fully saturated rings. The standard InChI is InChI=1S/C25H19F2N3O3/c26-17-11-18(27)21(23-15(17)7-10-33-23)22-20(24(31)29-25(22)32)16-12-30(13-5-8-28-9-6-13)19-4-2-1-3-14(16)19/h1-4,7,10-13,28H,5-6,8-9H2,(H,29,31,32). The van der Waals surface area contributed by atoms with Crippen LogP contribution in [0.4, 0.5) is 8.78 Å². The van der Waals surface area contributed by atoms with E-state index in [-0.39, 0.29) is 33.7 Å². The van der Waals surface area contributed by atoms with Crippen molar-refractivity contribution in [2.75, 3.05) is 13.1 Å². The van der Waals surface area contributed by atoms with E-state index in [0.717, 1.165) is 36.8 Å². The fourth-order valence-electron chi connectivity index (χ4n) is 5.04. The van der Waals surface area contributed by atoms with Crippen molar-refractivity contribution in [2.45, 2.75) is 18.9 Å². The van der Waals surface area contributed by atoms with Crippen LogP contribution in [0.3, 0.4) is 0 Å². The van der Waals surface area contributed by atoms with E-state index in [2.05, 4.69) is 15.2 Å². The molecule has 4 heterocycles. The number of hydrogen-bond donors (Lipinski definition) is 2. The van der Waals surface area contributed by atoms with Crippen LogP contribution in [-0.2, 0) is 9.59 Å². The number of amides is 2. The van der Waals surface area contributed by atoms with Gasteiger partial charge in [0.05, 0.1) is 28.4 Å². The van der Waals surface area contributed by atoms with Gasteiger partial charge in [-0.25, -0.2) is 8.78 Å². The van der Waals surface area contributed by atoms with Crippen LogP contribution in [0.15, 0.2) is 53.3 Å². The van der Waals surface area contributed by atoms with E-state index in [1.165, 1.54) is 12.3 Å². The summed E-state index contributed by atoms with van der Waals surface area (Å²) in [6.07, 6.45) is 4.95. The summed E-state index contributed by atoms with van der Waals surface area (Å²) in [6.45, 7) is 1.77. The molecule has 0 spiro atoms. The van der Waals surface area contributed by atoms with E-state index in [1.54, 1.807) is 0 Å². The van der Waals surface area contributed by atoms with Crippen LogP contribution in [0.1, 0.15) is 30.0 Å². The van der Waals surface area contributed by atoms with Crippen molar-refractivity contribution in [3.05, 3.63) is 71.6 Å². The van der Waals surface area contributed by atoms with E-state index in [9.17, 15) is 14.0 Å². The Kier molecular flexibility index (Phi) is 4.45. The number of fused-ring (bicyclic) bond motifs is 2. The van der Waals surface area contributed by atoms with Crippen LogP contribution < -0.4 is 10.6 Å². The van der Waals surface area contributed by atoms with E-state index in [0.29, 0.717) is 11.6 Å². The Morgan fingerprint density at radius 3 is 2.52 bits per heavy atom. The Morgan fingerprint density at radius 2 is 1.70 bits per heavy atom. The Bertz CT molecular complexity index is 1490. The molecule has 2 aliphatic heterocycles.